The highest BCUT2D eigenvalue weighted by molar-refractivity contribution is 5.15. The van der Waals surface area contributed by atoms with Crippen LogP contribution in [0.5, 0.6) is 0 Å². The molecule has 0 aromatic heterocycles. The molecule has 3 aliphatic rings. The van der Waals surface area contributed by atoms with Crippen molar-refractivity contribution in [1.82, 2.24) is 9.80 Å². The fourth-order valence-corrected chi connectivity index (χ4v) is 3.57. The van der Waals surface area contributed by atoms with Crippen molar-refractivity contribution in [3.05, 3.63) is 35.9 Å². The van der Waals surface area contributed by atoms with Crippen LogP contribution >= 0.6 is 0 Å². The Hall–Kier alpha value is -0.900. The summed E-state index contributed by atoms with van der Waals surface area (Å²) in [6.45, 7) is 3.11. The molecule has 0 unspecified atom stereocenters. The van der Waals surface area contributed by atoms with Crippen LogP contribution < -0.4 is 0 Å². The standard InChI is InChI=1S/C16H24N2O/c1-17-11-14-8-5-9-16(19)15(17)12-18(14)10-13-6-3-2-4-7-13/h2-4,6-7,14-16,19H,5,8-12H2,1H3/t14-,15+,16+/m0/s1. The van der Waals surface area contributed by atoms with Gasteiger partial charge in [0, 0.05) is 31.7 Å². The van der Waals surface area contributed by atoms with Crippen LogP contribution in [0.15, 0.2) is 30.3 Å². The van der Waals surface area contributed by atoms with Crippen LogP contribution in [-0.2, 0) is 6.54 Å². The number of fused-ring (bicyclic) bond motifs is 5. The molecule has 4 rings (SSSR count). The molecule has 3 aliphatic heterocycles. The normalized spacial score (nSPS) is 33.1. The number of nitrogens with zero attached hydrogens (tertiary/aromatic N) is 2. The van der Waals surface area contributed by atoms with Crippen molar-refractivity contribution in [3.63, 3.8) is 0 Å². The van der Waals surface area contributed by atoms with Crippen LogP contribution in [-0.4, -0.2) is 53.2 Å². The minimum atomic E-state index is -0.162. The SMILES string of the molecule is CN1C[C@@H]2CCC[C@@H](O)[C@H]1CN2Cc1ccccc1. The molecule has 1 N–H and O–H groups in total. The van der Waals surface area contributed by atoms with E-state index in [-0.39, 0.29) is 6.10 Å². The molecule has 0 saturated carbocycles. The molecule has 3 heteroatoms. The smallest absolute Gasteiger partial charge is 0.0707 e. The molecule has 19 heavy (non-hydrogen) atoms. The van der Waals surface area contributed by atoms with Crippen LogP contribution in [0.1, 0.15) is 24.8 Å². The largest absolute Gasteiger partial charge is 0.391 e. The van der Waals surface area contributed by atoms with Crippen LogP contribution in [0.3, 0.4) is 0 Å². The molecule has 1 aromatic carbocycles. The molecule has 1 aromatic rings. The van der Waals surface area contributed by atoms with Gasteiger partial charge < -0.3 is 5.11 Å². The van der Waals surface area contributed by atoms with E-state index in [2.05, 4.69) is 47.2 Å². The second-order valence-corrected chi connectivity index (χ2v) is 6.07. The summed E-state index contributed by atoms with van der Waals surface area (Å²) in [6, 6.07) is 11.6. The van der Waals surface area contributed by atoms with Gasteiger partial charge in [-0.25, -0.2) is 0 Å². The second kappa shape index (κ2) is 5.61. The molecular formula is C16H24N2O. The minimum absolute atomic E-state index is 0.162. The van der Waals surface area contributed by atoms with Gasteiger partial charge in [-0.15, -0.1) is 0 Å². The number of benzene rings is 1. The summed E-state index contributed by atoms with van der Waals surface area (Å²) in [7, 11) is 2.16. The Bertz CT molecular complexity index is 404. The third-order valence-electron chi connectivity index (χ3n) is 4.71. The Morgan fingerprint density at radius 1 is 1.16 bits per heavy atom. The lowest BCUT2D eigenvalue weighted by atomic mass is 9.91. The Morgan fingerprint density at radius 3 is 2.74 bits per heavy atom. The molecule has 3 atom stereocenters. The minimum Gasteiger partial charge on any atom is -0.391 e. The summed E-state index contributed by atoms with van der Waals surface area (Å²) in [4.78, 5) is 4.93. The molecule has 0 aliphatic carbocycles. The summed E-state index contributed by atoms with van der Waals surface area (Å²) < 4.78 is 0. The predicted molar refractivity (Wildman–Crippen MR) is 76.9 cm³/mol. The van der Waals surface area contributed by atoms with E-state index >= 15 is 0 Å². The zero-order valence-electron chi connectivity index (χ0n) is 11.7. The average Bonchev–Trinajstić information content (AvgIpc) is 2.40. The highest BCUT2D eigenvalue weighted by atomic mass is 16.3. The van der Waals surface area contributed by atoms with Gasteiger partial charge in [0.1, 0.15) is 0 Å². The first-order valence-electron chi connectivity index (χ1n) is 7.40. The van der Waals surface area contributed by atoms with E-state index in [4.69, 9.17) is 0 Å². The van der Waals surface area contributed by atoms with Gasteiger partial charge in [-0.1, -0.05) is 30.3 Å². The third kappa shape index (κ3) is 2.83. The second-order valence-electron chi connectivity index (χ2n) is 6.07. The summed E-state index contributed by atoms with van der Waals surface area (Å²) >= 11 is 0. The van der Waals surface area contributed by atoms with Crippen molar-refractivity contribution >= 4 is 0 Å². The number of likely N-dealkylation sites (N-methyl/N-ethyl adjacent to an activating group) is 1. The molecule has 0 radical (unpaired) electrons. The molecule has 2 bridgehead atoms. The number of hydrogen-bond donors (Lipinski definition) is 1. The van der Waals surface area contributed by atoms with Crippen molar-refractivity contribution in [2.24, 2.45) is 0 Å². The Labute approximate surface area is 115 Å². The van der Waals surface area contributed by atoms with E-state index in [1.807, 2.05) is 0 Å². The number of hydrogen-bond acceptors (Lipinski definition) is 3. The van der Waals surface area contributed by atoms with Gasteiger partial charge in [0.15, 0.2) is 0 Å². The van der Waals surface area contributed by atoms with E-state index in [1.165, 1.54) is 12.0 Å². The summed E-state index contributed by atoms with van der Waals surface area (Å²) in [5.41, 5.74) is 1.38. The first-order chi connectivity index (χ1) is 9.24. The molecule has 3 saturated heterocycles. The first kappa shape index (κ1) is 13.1. The zero-order valence-corrected chi connectivity index (χ0v) is 11.7. The zero-order chi connectivity index (χ0) is 13.2. The van der Waals surface area contributed by atoms with Gasteiger partial charge in [-0.3, -0.25) is 9.80 Å². The average molecular weight is 260 g/mol. The van der Waals surface area contributed by atoms with E-state index < -0.39 is 0 Å². The molecule has 0 amide bonds. The lowest BCUT2D eigenvalue weighted by Gasteiger charge is -2.48. The fraction of sp³-hybridized carbons (Fsp3) is 0.625. The van der Waals surface area contributed by atoms with Gasteiger partial charge in [0.05, 0.1) is 6.10 Å². The summed E-state index contributed by atoms with van der Waals surface area (Å²) in [5, 5.41) is 10.3. The topological polar surface area (TPSA) is 26.7 Å². The van der Waals surface area contributed by atoms with Crippen molar-refractivity contribution in [2.75, 3.05) is 20.1 Å². The monoisotopic (exact) mass is 260 g/mol. The molecule has 3 fully saturated rings. The maximum atomic E-state index is 10.3. The molecule has 0 spiro atoms. The molecule has 104 valence electrons. The highest BCUT2D eigenvalue weighted by Gasteiger charge is 2.37. The molecular weight excluding hydrogens is 236 g/mol. The quantitative estimate of drug-likeness (QED) is 0.877. The third-order valence-corrected chi connectivity index (χ3v) is 4.71. The maximum Gasteiger partial charge on any atom is 0.0707 e. The highest BCUT2D eigenvalue weighted by Crippen LogP contribution is 2.27. The van der Waals surface area contributed by atoms with Crippen molar-refractivity contribution in [2.45, 2.75) is 44.0 Å². The van der Waals surface area contributed by atoms with Gasteiger partial charge >= 0.3 is 0 Å². The predicted octanol–water partition coefficient (Wildman–Crippen LogP) is 1.72. The Morgan fingerprint density at radius 2 is 1.95 bits per heavy atom. The Kier molecular flexibility index (Phi) is 3.87. The number of piperazine rings is 1. The lowest BCUT2D eigenvalue weighted by Crippen LogP contribution is -2.61. The number of rotatable bonds is 2. The maximum absolute atomic E-state index is 10.3. The van der Waals surface area contributed by atoms with Crippen LogP contribution in [0, 0.1) is 0 Å². The van der Waals surface area contributed by atoms with E-state index in [0.29, 0.717) is 12.1 Å². The fourth-order valence-electron chi connectivity index (χ4n) is 3.57. The van der Waals surface area contributed by atoms with Crippen molar-refractivity contribution in [3.8, 4) is 0 Å². The van der Waals surface area contributed by atoms with E-state index in [1.54, 1.807) is 0 Å². The van der Waals surface area contributed by atoms with E-state index in [9.17, 15) is 5.11 Å². The number of aliphatic hydroxyl groups is 1. The van der Waals surface area contributed by atoms with Crippen molar-refractivity contribution < 1.29 is 5.11 Å². The van der Waals surface area contributed by atoms with Gasteiger partial charge in [0.2, 0.25) is 0 Å². The first-order valence-corrected chi connectivity index (χ1v) is 7.40. The van der Waals surface area contributed by atoms with Crippen LogP contribution in [0.25, 0.3) is 0 Å². The Balaban J connectivity index is 1.75. The van der Waals surface area contributed by atoms with Gasteiger partial charge in [0.25, 0.3) is 0 Å². The van der Waals surface area contributed by atoms with Crippen LogP contribution in [0.2, 0.25) is 0 Å². The molecule has 3 nitrogen and oxygen atoms in total. The molecule has 3 heterocycles. The summed E-state index contributed by atoms with van der Waals surface area (Å²) in [6.07, 6.45) is 3.16. The number of aliphatic hydroxyl groups excluding tert-OH is 1. The van der Waals surface area contributed by atoms with Gasteiger partial charge in [-0.2, -0.15) is 0 Å². The van der Waals surface area contributed by atoms with Gasteiger partial charge in [-0.05, 0) is 31.9 Å². The summed E-state index contributed by atoms with van der Waals surface area (Å²) in [5.74, 6) is 0. The lowest BCUT2D eigenvalue weighted by molar-refractivity contribution is -0.0438. The van der Waals surface area contributed by atoms with Crippen molar-refractivity contribution in [1.29, 1.82) is 0 Å². The van der Waals surface area contributed by atoms with E-state index in [0.717, 1.165) is 32.5 Å². The van der Waals surface area contributed by atoms with Crippen LogP contribution in [0.4, 0.5) is 0 Å².